The highest BCUT2D eigenvalue weighted by Crippen LogP contribution is 2.20. The maximum atomic E-state index is 5.78. The zero-order valence-electron chi connectivity index (χ0n) is 12.2. The third-order valence-corrected chi connectivity index (χ3v) is 3.89. The Morgan fingerprint density at radius 3 is 2.71 bits per heavy atom. The minimum Gasteiger partial charge on any atom is -0.330 e. The maximum absolute atomic E-state index is 5.78. The van der Waals surface area contributed by atoms with Crippen LogP contribution in [-0.2, 0) is 0 Å². The molecule has 1 fully saturated rings. The quantitative estimate of drug-likeness (QED) is 0.767. The van der Waals surface area contributed by atoms with E-state index in [2.05, 4.69) is 37.7 Å². The van der Waals surface area contributed by atoms with Crippen LogP contribution in [0.1, 0.15) is 33.1 Å². The molecule has 2 N–H and O–H groups in total. The second-order valence-electron chi connectivity index (χ2n) is 6.67. The zero-order valence-corrected chi connectivity index (χ0v) is 12.2. The van der Waals surface area contributed by atoms with E-state index >= 15 is 0 Å². The van der Waals surface area contributed by atoms with Gasteiger partial charge in [-0.2, -0.15) is 0 Å². The third-order valence-electron chi connectivity index (χ3n) is 3.89. The van der Waals surface area contributed by atoms with Crippen molar-refractivity contribution in [2.45, 2.75) is 33.1 Å². The fourth-order valence-corrected chi connectivity index (χ4v) is 2.79. The summed E-state index contributed by atoms with van der Waals surface area (Å²) in [5, 5.41) is 0. The van der Waals surface area contributed by atoms with Crippen molar-refractivity contribution < 1.29 is 0 Å². The van der Waals surface area contributed by atoms with Crippen LogP contribution in [0.15, 0.2) is 0 Å². The van der Waals surface area contributed by atoms with Crippen LogP contribution >= 0.6 is 0 Å². The lowest BCUT2D eigenvalue weighted by Crippen LogP contribution is -2.39. The molecule has 0 spiro atoms. The highest BCUT2D eigenvalue weighted by atomic mass is 15.1. The minimum atomic E-state index is 0.248. The largest absolute Gasteiger partial charge is 0.330 e. The molecule has 0 aromatic rings. The van der Waals surface area contributed by atoms with E-state index in [0.717, 1.165) is 19.0 Å². The maximum Gasteiger partial charge on any atom is 0.00417 e. The molecule has 0 bridgehead atoms. The summed E-state index contributed by atoms with van der Waals surface area (Å²) in [6.07, 6.45) is 4.12. The number of nitrogens with zero attached hydrogens (tertiary/aromatic N) is 2. The molecule has 0 aromatic carbocycles. The summed E-state index contributed by atoms with van der Waals surface area (Å²) in [4.78, 5) is 4.92. The van der Waals surface area contributed by atoms with Crippen molar-refractivity contribution in [1.82, 2.24) is 9.80 Å². The van der Waals surface area contributed by atoms with Gasteiger partial charge in [0, 0.05) is 13.1 Å². The van der Waals surface area contributed by atoms with Crippen molar-refractivity contribution in [3.05, 3.63) is 0 Å². The predicted molar refractivity (Wildman–Crippen MR) is 75.2 cm³/mol. The number of nitrogens with two attached hydrogens (primary N) is 1. The molecule has 1 heterocycles. The number of hydrogen-bond donors (Lipinski definition) is 1. The molecule has 1 aliphatic heterocycles. The molecule has 102 valence electrons. The fourth-order valence-electron chi connectivity index (χ4n) is 2.79. The van der Waals surface area contributed by atoms with Crippen LogP contribution in [0.4, 0.5) is 0 Å². The fraction of sp³-hybridized carbons (Fsp3) is 1.00. The van der Waals surface area contributed by atoms with Gasteiger partial charge in [-0.1, -0.05) is 13.8 Å². The van der Waals surface area contributed by atoms with Crippen LogP contribution in [0.25, 0.3) is 0 Å². The second kappa shape index (κ2) is 6.72. The molecule has 0 amide bonds. The summed E-state index contributed by atoms with van der Waals surface area (Å²) in [5.74, 6) is 0.900. The molecule has 0 radical (unpaired) electrons. The van der Waals surface area contributed by atoms with Gasteiger partial charge in [0.25, 0.3) is 0 Å². The average molecular weight is 241 g/mol. The van der Waals surface area contributed by atoms with E-state index in [1.54, 1.807) is 0 Å². The Morgan fingerprint density at radius 1 is 1.41 bits per heavy atom. The van der Waals surface area contributed by atoms with E-state index in [4.69, 9.17) is 5.73 Å². The lowest BCUT2D eigenvalue weighted by atomic mass is 9.92. The molecule has 1 aliphatic rings. The number of rotatable bonds is 6. The number of piperidine rings is 1. The Hall–Kier alpha value is -0.120. The van der Waals surface area contributed by atoms with Crippen molar-refractivity contribution in [3.63, 3.8) is 0 Å². The van der Waals surface area contributed by atoms with Crippen molar-refractivity contribution in [3.8, 4) is 0 Å². The molecular formula is C14H31N3. The van der Waals surface area contributed by atoms with Gasteiger partial charge in [0.2, 0.25) is 0 Å². The predicted octanol–water partition coefficient (Wildman–Crippen LogP) is 1.64. The Labute approximate surface area is 107 Å². The van der Waals surface area contributed by atoms with Crippen LogP contribution in [0, 0.1) is 11.3 Å². The topological polar surface area (TPSA) is 32.5 Å². The van der Waals surface area contributed by atoms with Crippen LogP contribution in [-0.4, -0.2) is 56.6 Å². The highest BCUT2D eigenvalue weighted by Gasteiger charge is 2.20. The highest BCUT2D eigenvalue weighted by molar-refractivity contribution is 4.75. The van der Waals surface area contributed by atoms with Crippen molar-refractivity contribution in [2.24, 2.45) is 17.1 Å². The van der Waals surface area contributed by atoms with Gasteiger partial charge in [0.1, 0.15) is 0 Å². The molecule has 1 rings (SSSR count). The molecule has 0 aliphatic carbocycles. The minimum absolute atomic E-state index is 0.248. The Morgan fingerprint density at radius 2 is 2.12 bits per heavy atom. The lowest BCUT2D eigenvalue weighted by molar-refractivity contribution is 0.166. The number of hydrogen-bond acceptors (Lipinski definition) is 3. The number of likely N-dealkylation sites (tertiary alicyclic amines) is 1. The summed E-state index contributed by atoms with van der Waals surface area (Å²) >= 11 is 0. The van der Waals surface area contributed by atoms with Gasteiger partial charge < -0.3 is 15.5 Å². The molecule has 0 saturated carbocycles. The first-order chi connectivity index (χ1) is 7.93. The second-order valence-corrected chi connectivity index (χ2v) is 6.67. The standard InChI is InChI=1S/C14H31N3/c1-14(2,11-15)12-17(4)9-7-13-6-5-8-16(3)10-13/h13H,5-12,15H2,1-4H3. The SMILES string of the molecule is CN1CCCC(CCN(C)CC(C)(C)CN)C1. The van der Waals surface area contributed by atoms with Gasteiger partial charge in [0.05, 0.1) is 0 Å². The Balaban J connectivity index is 2.21. The summed E-state index contributed by atoms with van der Waals surface area (Å²) in [6.45, 7) is 10.1. The summed E-state index contributed by atoms with van der Waals surface area (Å²) < 4.78 is 0. The van der Waals surface area contributed by atoms with Crippen LogP contribution < -0.4 is 5.73 Å². The summed E-state index contributed by atoms with van der Waals surface area (Å²) in [6, 6.07) is 0. The molecule has 1 unspecified atom stereocenters. The zero-order chi connectivity index (χ0) is 12.9. The summed E-state index contributed by atoms with van der Waals surface area (Å²) in [5.41, 5.74) is 6.03. The van der Waals surface area contributed by atoms with Gasteiger partial charge in [-0.25, -0.2) is 0 Å². The molecule has 1 saturated heterocycles. The molecule has 17 heavy (non-hydrogen) atoms. The average Bonchev–Trinajstić information content (AvgIpc) is 2.26. The smallest absolute Gasteiger partial charge is 0.00417 e. The van der Waals surface area contributed by atoms with Gasteiger partial charge in [0.15, 0.2) is 0 Å². The molecule has 3 nitrogen and oxygen atoms in total. The van der Waals surface area contributed by atoms with Crippen molar-refractivity contribution >= 4 is 0 Å². The van der Waals surface area contributed by atoms with E-state index < -0.39 is 0 Å². The molecule has 0 aromatic heterocycles. The van der Waals surface area contributed by atoms with E-state index in [1.165, 1.54) is 38.9 Å². The van der Waals surface area contributed by atoms with Gasteiger partial charge in [-0.3, -0.25) is 0 Å². The van der Waals surface area contributed by atoms with Crippen molar-refractivity contribution in [1.29, 1.82) is 0 Å². The Kier molecular flexibility index (Phi) is 5.90. The van der Waals surface area contributed by atoms with E-state index in [-0.39, 0.29) is 5.41 Å². The van der Waals surface area contributed by atoms with E-state index in [9.17, 15) is 0 Å². The molecular weight excluding hydrogens is 210 g/mol. The Bertz CT molecular complexity index is 216. The van der Waals surface area contributed by atoms with Crippen molar-refractivity contribution in [2.75, 3.05) is 46.8 Å². The lowest BCUT2D eigenvalue weighted by Gasteiger charge is -2.33. The van der Waals surface area contributed by atoms with Crippen LogP contribution in [0.3, 0.4) is 0 Å². The molecule has 3 heteroatoms. The first-order valence-electron chi connectivity index (χ1n) is 7.00. The van der Waals surface area contributed by atoms with Gasteiger partial charge in [-0.15, -0.1) is 0 Å². The first kappa shape index (κ1) is 14.9. The summed E-state index contributed by atoms with van der Waals surface area (Å²) in [7, 11) is 4.47. The monoisotopic (exact) mass is 241 g/mol. The van der Waals surface area contributed by atoms with E-state index in [0.29, 0.717) is 0 Å². The van der Waals surface area contributed by atoms with Gasteiger partial charge >= 0.3 is 0 Å². The van der Waals surface area contributed by atoms with Gasteiger partial charge in [-0.05, 0) is 64.3 Å². The molecule has 1 atom stereocenters. The van der Waals surface area contributed by atoms with Crippen LogP contribution in [0.5, 0.6) is 0 Å². The third kappa shape index (κ3) is 5.84. The van der Waals surface area contributed by atoms with E-state index in [1.807, 2.05) is 0 Å². The van der Waals surface area contributed by atoms with Crippen LogP contribution in [0.2, 0.25) is 0 Å². The first-order valence-corrected chi connectivity index (χ1v) is 7.00. The normalized spacial score (nSPS) is 23.3.